The molecule has 4 rings (SSSR count). The third-order valence-corrected chi connectivity index (χ3v) is 5.71. The van der Waals surface area contributed by atoms with Crippen LogP contribution in [-0.4, -0.2) is 35.1 Å². The summed E-state index contributed by atoms with van der Waals surface area (Å²) in [5.41, 5.74) is 10.5. The fourth-order valence-electron chi connectivity index (χ4n) is 3.61. The number of nitrogens with one attached hydrogen (secondary N) is 3. The van der Waals surface area contributed by atoms with Gasteiger partial charge in [-0.25, -0.2) is 4.99 Å². The van der Waals surface area contributed by atoms with Crippen LogP contribution in [0.4, 0.5) is 0 Å². The van der Waals surface area contributed by atoms with Gasteiger partial charge in [-0.05, 0) is 50.6 Å². The number of hydrogen-bond acceptors (Lipinski definition) is 6. The van der Waals surface area contributed by atoms with Crippen molar-refractivity contribution >= 4 is 23.4 Å². The second-order valence-corrected chi connectivity index (χ2v) is 7.88. The Morgan fingerprint density at radius 1 is 1.32 bits per heavy atom. The van der Waals surface area contributed by atoms with Crippen molar-refractivity contribution in [3.63, 3.8) is 0 Å². The lowest BCUT2D eigenvalue weighted by Crippen LogP contribution is -2.54. The number of nitrogens with zero attached hydrogens (tertiary/aromatic N) is 3. The number of aliphatic imine (C=N–C) groups is 1. The van der Waals surface area contributed by atoms with E-state index in [1.54, 1.807) is 4.68 Å². The fraction of sp³-hybridized carbons (Fsp3) is 0.400. The maximum atomic E-state index is 6.68. The van der Waals surface area contributed by atoms with E-state index in [4.69, 9.17) is 17.3 Å². The second-order valence-electron chi connectivity index (χ2n) is 7.47. The summed E-state index contributed by atoms with van der Waals surface area (Å²) in [7, 11) is 1.90. The zero-order valence-electron chi connectivity index (χ0n) is 16.2. The third kappa shape index (κ3) is 3.78. The van der Waals surface area contributed by atoms with E-state index in [0.29, 0.717) is 11.1 Å². The van der Waals surface area contributed by atoms with Crippen molar-refractivity contribution in [3.8, 4) is 0 Å². The lowest BCUT2D eigenvalue weighted by atomic mass is 10.0. The fourth-order valence-corrected chi connectivity index (χ4v) is 3.73. The molecule has 1 fully saturated rings. The largest absolute Gasteiger partial charge is 0.368 e. The van der Waals surface area contributed by atoms with Crippen molar-refractivity contribution in [2.75, 3.05) is 13.1 Å². The van der Waals surface area contributed by atoms with Crippen LogP contribution in [0.25, 0.3) is 5.57 Å². The van der Waals surface area contributed by atoms with Crippen LogP contribution in [0, 0.1) is 6.92 Å². The first-order valence-electron chi connectivity index (χ1n) is 9.54. The predicted molar refractivity (Wildman–Crippen MR) is 113 cm³/mol. The smallest absolute Gasteiger partial charge is 0.210 e. The zero-order chi connectivity index (χ0) is 19.7. The molecule has 0 radical (unpaired) electrons. The molecule has 0 amide bonds. The Morgan fingerprint density at radius 2 is 2.11 bits per heavy atom. The molecule has 7 nitrogen and oxygen atoms in total. The van der Waals surface area contributed by atoms with E-state index in [9.17, 15) is 0 Å². The highest BCUT2D eigenvalue weighted by atomic mass is 35.5. The van der Waals surface area contributed by atoms with Crippen LogP contribution in [-0.2, 0) is 12.8 Å². The van der Waals surface area contributed by atoms with E-state index in [1.807, 2.05) is 50.8 Å². The Bertz CT molecular complexity index is 926. The summed E-state index contributed by atoms with van der Waals surface area (Å²) in [6.07, 6.45) is 7.76. The minimum Gasteiger partial charge on any atom is -0.368 e. The van der Waals surface area contributed by atoms with Gasteiger partial charge >= 0.3 is 0 Å². The van der Waals surface area contributed by atoms with Crippen LogP contribution in [0.1, 0.15) is 29.5 Å². The molecule has 0 aliphatic carbocycles. The Labute approximate surface area is 170 Å². The Morgan fingerprint density at radius 3 is 2.79 bits per heavy atom. The van der Waals surface area contributed by atoms with Crippen molar-refractivity contribution in [2.45, 2.75) is 31.6 Å². The number of benzene rings is 1. The van der Waals surface area contributed by atoms with Crippen LogP contribution in [0.3, 0.4) is 0 Å². The summed E-state index contributed by atoms with van der Waals surface area (Å²) in [5.74, 6) is -0.180. The summed E-state index contributed by atoms with van der Waals surface area (Å²) in [5, 5.41) is 15.5. The van der Waals surface area contributed by atoms with Crippen molar-refractivity contribution in [2.24, 2.45) is 17.8 Å². The predicted octanol–water partition coefficient (Wildman–Crippen LogP) is 1.84. The molecular formula is C20H26ClN7. The van der Waals surface area contributed by atoms with Crippen molar-refractivity contribution < 1.29 is 0 Å². The molecule has 3 heterocycles. The molecule has 0 spiro atoms. The maximum absolute atomic E-state index is 6.68. The third-order valence-electron chi connectivity index (χ3n) is 5.28. The molecule has 5 N–H and O–H groups in total. The molecule has 2 aliphatic heterocycles. The van der Waals surface area contributed by atoms with Gasteiger partial charge in [-0.2, -0.15) is 5.10 Å². The zero-order valence-corrected chi connectivity index (χ0v) is 16.9. The van der Waals surface area contributed by atoms with Crippen molar-refractivity contribution in [3.05, 3.63) is 58.1 Å². The number of piperidine rings is 1. The molecule has 0 bridgehead atoms. The molecule has 1 unspecified atom stereocenters. The first-order chi connectivity index (χ1) is 13.4. The Balaban J connectivity index is 1.69. The lowest BCUT2D eigenvalue weighted by molar-refractivity contribution is 0.350. The molecule has 28 heavy (non-hydrogen) atoms. The average Bonchev–Trinajstić information content (AvgIpc) is 3.11. The second kappa shape index (κ2) is 7.58. The van der Waals surface area contributed by atoms with E-state index >= 15 is 0 Å². The van der Waals surface area contributed by atoms with Gasteiger partial charge < -0.3 is 16.0 Å². The molecule has 148 valence electrons. The highest BCUT2D eigenvalue weighted by Gasteiger charge is 2.32. The summed E-state index contributed by atoms with van der Waals surface area (Å²) < 4.78 is 1.78. The van der Waals surface area contributed by atoms with Crippen LogP contribution in [0.5, 0.6) is 0 Å². The maximum Gasteiger partial charge on any atom is 0.210 e. The van der Waals surface area contributed by atoms with Gasteiger partial charge in [-0.15, -0.1) is 0 Å². The van der Waals surface area contributed by atoms with Crippen LogP contribution >= 0.6 is 11.6 Å². The number of aromatic nitrogens is 2. The van der Waals surface area contributed by atoms with Crippen LogP contribution in [0.15, 0.2) is 41.4 Å². The van der Waals surface area contributed by atoms with E-state index in [0.717, 1.165) is 54.0 Å². The minimum atomic E-state index is -1.06. The topological polar surface area (TPSA) is 92.3 Å². The van der Waals surface area contributed by atoms with Gasteiger partial charge in [0.1, 0.15) is 5.82 Å². The molecule has 1 saturated heterocycles. The Hall–Kier alpha value is -2.35. The highest BCUT2D eigenvalue weighted by Crippen LogP contribution is 2.28. The quantitative estimate of drug-likeness (QED) is 0.629. The van der Waals surface area contributed by atoms with E-state index in [1.165, 1.54) is 0 Å². The number of halogens is 1. The van der Waals surface area contributed by atoms with Gasteiger partial charge in [0.2, 0.25) is 5.79 Å². The van der Waals surface area contributed by atoms with E-state index < -0.39 is 5.79 Å². The number of rotatable bonds is 4. The van der Waals surface area contributed by atoms with Gasteiger partial charge in [0.15, 0.2) is 0 Å². The SMILES string of the molecule is Cc1cc(C2(N)N=CC(c3cnn(C)c3)=C(NC3CCNCC3)N2)ccc1Cl. The molecule has 1 atom stereocenters. The van der Waals surface area contributed by atoms with E-state index in [-0.39, 0.29) is 0 Å². The molecule has 1 aromatic heterocycles. The molecule has 2 aromatic rings. The van der Waals surface area contributed by atoms with Gasteiger partial charge in [0, 0.05) is 47.2 Å². The molecular weight excluding hydrogens is 374 g/mol. The first kappa shape index (κ1) is 19.0. The summed E-state index contributed by atoms with van der Waals surface area (Å²) in [6, 6.07) is 6.12. The normalized spacial score (nSPS) is 23.0. The minimum absolute atomic E-state index is 0.373. The van der Waals surface area contributed by atoms with Gasteiger partial charge in [-0.1, -0.05) is 17.7 Å². The molecule has 2 aliphatic rings. The van der Waals surface area contributed by atoms with Gasteiger partial charge in [0.25, 0.3) is 0 Å². The van der Waals surface area contributed by atoms with Crippen molar-refractivity contribution in [1.29, 1.82) is 0 Å². The standard InChI is InChI=1S/C20H26ClN7/c1-13-9-15(3-4-18(13)21)20(22)24-11-17(14-10-25-28(2)12-14)19(27-20)26-16-5-7-23-8-6-16/h3-4,9-12,16,23,26-27H,5-8,22H2,1-2H3. The number of aryl methyl sites for hydroxylation is 2. The molecule has 1 aromatic carbocycles. The summed E-state index contributed by atoms with van der Waals surface area (Å²) in [6.45, 7) is 3.98. The number of allylic oxidation sites excluding steroid dienone is 1. The number of nitrogens with two attached hydrogens (primary N) is 1. The highest BCUT2D eigenvalue weighted by molar-refractivity contribution is 6.31. The monoisotopic (exact) mass is 399 g/mol. The molecule has 0 saturated carbocycles. The number of hydrogen-bond donors (Lipinski definition) is 4. The van der Waals surface area contributed by atoms with Crippen LogP contribution < -0.4 is 21.7 Å². The summed E-state index contributed by atoms with van der Waals surface area (Å²) >= 11 is 6.19. The van der Waals surface area contributed by atoms with Crippen LogP contribution in [0.2, 0.25) is 5.02 Å². The summed E-state index contributed by atoms with van der Waals surface area (Å²) in [4.78, 5) is 4.66. The lowest BCUT2D eigenvalue weighted by Gasteiger charge is -2.36. The van der Waals surface area contributed by atoms with E-state index in [2.05, 4.69) is 26.0 Å². The van der Waals surface area contributed by atoms with Gasteiger partial charge in [0.05, 0.1) is 6.20 Å². The van der Waals surface area contributed by atoms with Gasteiger partial charge in [-0.3, -0.25) is 10.4 Å². The molecule has 8 heteroatoms. The Kier molecular flexibility index (Phi) is 5.14. The first-order valence-corrected chi connectivity index (χ1v) is 9.92. The van der Waals surface area contributed by atoms with Crippen molar-refractivity contribution in [1.82, 2.24) is 25.7 Å². The average molecular weight is 400 g/mol.